The van der Waals surface area contributed by atoms with Crippen molar-refractivity contribution in [1.29, 1.82) is 0 Å². The number of hydrogen-bond donors (Lipinski definition) is 1. The summed E-state index contributed by atoms with van der Waals surface area (Å²) in [7, 11) is 1.89. The zero-order chi connectivity index (χ0) is 18.2. The van der Waals surface area contributed by atoms with Crippen LogP contribution in [0.1, 0.15) is 32.1 Å². The predicted octanol–water partition coefficient (Wildman–Crippen LogP) is 6.08. The molecule has 0 radical (unpaired) electrons. The average molecular weight is 369 g/mol. The summed E-state index contributed by atoms with van der Waals surface area (Å²) in [5.74, 6) is 0. The summed E-state index contributed by atoms with van der Waals surface area (Å²) < 4.78 is 2.92. The van der Waals surface area contributed by atoms with Gasteiger partial charge in [0.25, 0.3) is 0 Å². The summed E-state index contributed by atoms with van der Waals surface area (Å²) in [5.41, 5.74) is 1.60. The van der Waals surface area contributed by atoms with E-state index in [4.69, 9.17) is 0 Å². The van der Waals surface area contributed by atoms with Gasteiger partial charge in [0.05, 0.1) is 11.4 Å². The van der Waals surface area contributed by atoms with Crippen LogP contribution in [0.15, 0.2) is 69.7 Å². The highest BCUT2D eigenvalue weighted by Gasteiger charge is 2.21. The standard InChI is InChI=1S/C20H24N4OS/c1-24(18-10-6-3-7-11-18)20(25)23-26-19-14-12-17(13-15-19)22-21-16-8-4-2-5-9-16/h2,4-5,8-9,12-15,18H,3,6-7,10-11H2,1H3,(H,23,25). The summed E-state index contributed by atoms with van der Waals surface area (Å²) in [6.07, 6.45) is 5.93. The minimum Gasteiger partial charge on any atom is -0.324 e. The molecule has 0 heterocycles. The molecule has 26 heavy (non-hydrogen) atoms. The predicted molar refractivity (Wildman–Crippen MR) is 106 cm³/mol. The highest BCUT2D eigenvalue weighted by molar-refractivity contribution is 7.98. The van der Waals surface area contributed by atoms with Crippen LogP contribution in [-0.2, 0) is 0 Å². The summed E-state index contributed by atoms with van der Waals surface area (Å²) in [5, 5.41) is 8.42. The van der Waals surface area contributed by atoms with Crippen LogP contribution in [0.2, 0.25) is 0 Å². The fourth-order valence-corrected chi connectivity index (χ4v) is 3.62. The first-order valence-corrected chi connectivity index (χ1v) is 9.80. The van der Waals surface area contributed by atoms with E-state index in [9.17, 15) is 4.79 Å². The van der Waals surface area contributed by atoms with Crippen molar-refractivity contribution in [3.8, 4) is 0 Å². The van der Waals surface area contributed by atoms with Crippen molar-refractivity contribution in [3.05, 3.63) is 54.6 Å². The molecule has 1 aliphatic carbocycles. The largest absolute Gasteiger partial charge is 0.327 e. The molecule has 0 saturated heterocycles. The summed E-state index contributed by atoms with van der Waals surface area (Å²) >= 11 is 1.33. The number of hydrogen-bond acceptors (Lipinski definition) is 4. The van der Waals surface area contributed by atoms with Crippen LogP contribution in [0.5, 0.6) is 0 Å². The molecular weight excluding hydrogens is 344 g/mol. The van der Waals surface area contributed by atoms with Gasteiger partial charge in [0.2, 0.25) is 0 Å². The van der Waals surface area contributed by atoms with Crippen LogP contribution in [0, 0.1) is 0 Å². The maximum Gasteiger partial charge on any atom is 0.327 e. The molecule has 0 atom stereocenters. The molecule has 3 rings (SSSR count). The first kappa shape index (κ1) is 18.5. The van der Waals surface area contributed by atoms with Crippen LogP contribution in [-0.4, -0.2) is 24.0 Å². The molecule has 6 heteroatoms. The third-order valence-electron chi connectivity index (χ3n) is 4.57. The van der Waals surface area contributed by atoms with Gasteiger partial charge in [0, 0.05) is 18.0 Å². The molecule has 0 aliphatic heterocycles. The second-order valence-corrected chi connectivity index (χ2v) is 7.32. The van der Waals surface area contributed by atoms with Crippen molar-refractivity contribution >= 4 is 29.4 Å². The van der Waals surface area contributed by atoms with Crippen molar-refractivity contribution in [2.45, 2.75) is 43.0 Å². The summed E-state index contributed by atoms with van der Waals surface area (Å²) in [6, 6.07) is 17.6. The molecule has 1 N–H and O–H groups in total. The van der Waals surface area contributed by atoms with E-state index in [2.05, 4.69) is 15.0 Å². The average Bonchev–Trinajstić information content (AvgIpc) is 2.72. The second kappa shape index (κ2) is 9.38. The fraction of sp³-hybridized carbons (Fsp3) is 0.350. The highest BCUT2D eigenvalue weighted by Crippen LogP contribution is 2.24. The first-order chi connectivity index (χ1) is 12.7. The number of azo groups is 1. The zero-order valence-electron chi connectivity index (χ0n) is 15.0. The number of nitrogens with zero attached hydrogens (tertiary/aromatic N) is 3. The molecule has 136 valence electrons. The van der Waals surface area contributed by atoms with Crippen LogP contribution in [0.3, 0.4) is 0 Å². The van der Waals surface area contributed by atoms with Crippen LogP contribution < -0.4 is 4.72 Å². The van der Waals surface area contributed by atoms with Gasteiger partial charge < -0.3 is 4.90 Å². The highest BCUT2D eigenvalue weighted by atomic mass is 32.2. The first-order valence-electron chi connectivity index (χ1n) is 8.99. The molecule has 2 aromatic carbocycles. The number of amides is 2. The molecule has 5 nitrogen and oxygen atoms in total. The van der Waals surface area contributed by atoms with Gasteiger partial charge in [-0.2, -0.15) is 10.2 Å². The maximum absolute atomic E-state index is 12.3. The third kappa shape index (κ3) is 5.33. The number of rotatable bonds is 5. The molecule has 0 unspecified atom stereocenters. The number of nitrogens with one attached hydrogen (secondary N) is 1. The van der Waals surface area contributed by atoms with E-state index in [0.29, 0.717) is 6.04 Å². The summed E-state index contributed by atoms with van der Waals surface area (Å²) in [4.78, 5) is 15.1. The van der Waals surface area contributed by atoms with E-state index in [1.54, 1.807) is 0 Å². The van der Waals surface area contributed by atoms with Gasteiger partial charge in [-0.15, -0.1) is 0 Å². The quantitative estimate of drug-likeness (QED) is 0.513. The monoisotopic (exact) mass is 368 g/mol. The Hall–Kier alpha value is -2.34. The van der Waals surface area contributed by atoms with Crippen molar-refractivity contribution in [1.82, 2.24) is 9.62 Å². The Bertz CT molecular complexity index is 727. The molecule has 1 aliphatic rings. The van der Waals surface area contributed by atoms with E-state index in [1.165, 1.54) is 31.2 Å². The Morgan fingerprint density at radius 3 is 2.23 bits per heavy atom. The number of carbonyl (C=O) groups is 1. The maximum atomic E-state index is 12.3. The fourth-order valence-electron chi connectivity index (χ4n) is 3.00. The van der Waals surface area contributed by atoms with Crippen molar-refractivity contribution in [2.24, 2.45) is 10.2 Å². The van der Waals surface area contributed by atoms with E-state index >= 15 is 0 Å². The lowest BCUT2D eigenvalue weighted by molar-refractivity contribution is 0.179. The molecule has 0 aromatic heterocycles. The molecule has 0 bridgehead atoms. The van der Waals surface area contributed by atoms with Gasteiger partial charge in [0.15, 0.2) is 0 Å². The van der Waals surface area contributed by atoms with Crippen LogP contribution in [0.4, 0.5) is 16.2 Å². The minimum absolute atomic E-state index is 0.0326. The Kier molecular flexibility index (Phi) is 6.66. The van der Waals surface area contributed by atoms with Gasteiger partial charge in [-0.25, -0.2) is 4.79 Å². The van der Waals surface area contributed by atoms with E-state index in [0.717, 1.165) is 29.1 Å². The molecular formula is C20H24N4OS. The topological polar surface area (TPSA) is 57.1 Å². The van der Waals surface area contributed by atoms with Crippen molar-refractivity contribution in [3.63, 3.8) is 0 Å². The molecule has 2 amide bonds. The van der Waals surface area contributed by atoms with Gasteiger partial charge in [-0.05, 0) is 61.2 Å². The number of benzene rings is 2. The molecule has 1 fully saturated rings. The normalized spacial score (nSPS) is 15.1. The Balaban J connectivity index is 1.49. The lowest BCUT2D eigenvalue weighted by Gasteiger charge is -2.30. The molecule has 1 saturated carbocycles. The lowest BCUT2D eigenvalue weighted by atomic mass is 9.95. The molecule has 2 aromatic rings. The second-order valence-electron chi connectivity index (χ2n) is 6.44. The number of urea groups is 1. The van der Waals surface area contributed by atoms with Crippen LogP contribution >= 0.6 is 11.9 Å². The van der Waals surface area contributed by atoms with Gasteiger partial charge >= 0.3 is 6.03 Å². The number of carbonyl (C=O) groups excluding carboxylic acids is 1. The smallest absolute Gasteiger partial charge is 0.324 e. The van der Waals surface area contributed by atoms with Crippen molar-refractivity contribution < 1.29 is 4.79 Å². The van der Waals surface area contributed by atoms with Gasteiger partial charge in [-0.3, -0.25) is 4.72 Å². The Morgan fingerprint density at radius 1 is 0.962 bits per heavy atom. The Labute approximate surface area is 159 Å². The van der Waals surface area contributed by atoms with E-state index in [1.807, 2.05) is 66.5 Å². The SMILES string of the molecule is CN(C(=O)NSc1ccc(N=Nc2ccccc2)cc1)C1CCCCC1. The minimum atomic E-state index is -0.0326. The summed E-state index contributed by atoms with van der Waals surface area (Å²) in [6.45, 7) is 0. The van der Waals surface area contributed by atoms with E-state index in [-0.39, 0.29) is 6.03 Å². The Morgan fingerprint density at radius 2 is 1.58 bits per heavy atom. The van der Waals surface area contributed by atoms with Gasteiger partial charge in [0.1, 0.15) is 0 Å². The zero-order valence-corrected chi connectivity index (χ0v) is 15.8. The molecule has 0 spiro atoms. The van der Waals surface area contributed by atoms with Crippen molar-refractivity contribution in [2.75, 3.05) is 7.05 Å². The van der Waals surface area contributed by atoms with Gasteiger partial charge in [-0.1, -0.05) is 37.5 Å². The van der Waals surface area contributed by atoms with E-state index < -0.39 is 0 Å². The third-order valence-corrected chi connectivity index (χ3v) is 5.36. The van der Waals surface area contributed by atoms with Crippen LogP contribution in [0.25, 0.3) is 0 Å². The lowest BCUT2D eigenvalue weighted by Crippen LogP contribution is -2.42.